The fraction of sp³-hybridized carbons (Fsp3) is 0.667. The zero-order valence-corrected chi connectivity index (χ0v) is 20.1. The number of guanidine groups is 1. The summed E-state index contributed by atoms with van der Waals surface area (Å²) in [6.45, 7) is 9.12. The summed E-state index contributed by atoms with van der Waals surface area (Å²) in [5.74, 6) is 1.75. The summed E-state index contributed by atoms with van der Waals surface area (Å²) >= 11 is 0. The molecular formula is C21H37IN4O2. The Bertz CT molecular complexity index is 572. The molecule has 1 heterocycles. The molecule has 1 saturated heterocycles. The standard InChI is InChI=1S/C21H36N4O2.HI/c1-5-22-20(24-17-21(2)12-6-15-27-21)23-16-18-8-10-19(11-9-18)26-14-7-13-25(3)4;/h8-11H,5-7,12-17H2,1-4H3,(H2,22,23,24);1H. The first-order chi connectivity index (χ1) is 13.0. The quantitative estimate of drug-likeness (QED) is 0.222. The van der Waals surface area contributed by atoms with E-state index in [9.17, 15) is 0 Å². The zero-order chi connectivity index (χ0) is 19.5. The highest BCUT2D eigenvalue weighted by Gasteiger charge is 2.29. The van der Waals surface area contributed by atoms with E-state index < -0.39 is 0 Å². The molecule has 2 rings (SSSR count). The first-order valence-corrected chi connectivity index (χ1v) is 10.0. The van der Waals surface area contributed by atoms with E-state index in [2.05, 4.69) is 55.6 Å². The zero-order valence-electron chi connectivity index (χ0n) is 17.8. The van der Waals surface area contributed by atoms with Gasteiger partial charge in [0.1, 0.15) is 5.75 Å². The van der Waals surface area contributed by atoms with Crippen molar-refractivity contribution in [2.24, 2.45) is 4.99 Å². The molecule has 0 radical (unpaired) electrons. The van der Waals surface area contributed by atoms with Crippen molar-refractivity contribution in [1.29, 1.82) is 0 Å². The van der Waals surface area contributed by atoms with E-state index in [-0.39, 0.29) is 29.6 Å². The van der Waals surface area contributed by atoms with Crippen LogP contribution in [0.2, 0.25) is 0 Å². The Morgan fingerprint density at radius 1 is 1.25 bits per heavy atom. The fourth-order valence-corrected chi connectivity index (χ4v) is 3.02. The second-order valence-electron chi connectivity index (χ2n) is 7.60. The topological polar surface area (TPSA) is 58.1 Å². The monoisotopic (exact) mass is 504 g/mol. The van der Waals surface area contributed by atoms with Crippen molar-refractivity contribution in [2.45, 2.75) is 45.3 Å². The van der Waals surface area contributed by atoms with Gasteiger partial charge in [0.15, 0.2) is 5.96 Å². The van der Waals surface area contributed by atoms with Gasteiger partial charge in [-0.25, -0.2) is 4.99 Å². The summed E-state index contributed by atoms with van der Waals surface area (Å²) in [4.78, 5) is 6.86. The molecule has 2 N–H and O–H groups in total. The number of benzene rings is 1. The van der Waals surface area contributed by atoms with Gasteiger partial charge in [-0.2, -0.15) is 0 Å². The van der Waals surface area contributed by atoms with Crippen molar-refractivity contribution in [3.05, 3.63) is 29.8 Å². The van der Waals surface area contributed by atoms with Crippen molar-refractivity contribution in [2.75, 3.05) is 46.9 Å². The van der Waals surface area contributed by atoms with E-state index in [0.717, 1.165) is 69.4 Å². The molecule has 6 nitrogen and oxygen atoms in total. The van der Waals surface area contributed by atoms with Crippen molar-refractivity contribution >= 4 is 29.9 Å². The maximum atomic E-state index is 5.84. The van der Waals surface area contributed by atoms with Gasteiger partial charge >= 0.3 is 0 Å². The van der Waals surface area contributed by atoms with Crippen LogP contribution in [0.15, 0.2) is 29.3 Å². The molecule has 1 aromatic carbocycles. The average molecular weight is 504 g/mol. The third-order valence-electron chi connectivity index (χ3n) is 4.64. The van der Waals surface area contributed by atoms with Gasteiger partial charge < -0.3 is 25.0 Å². The Balaban J connectivity index is 0.00000392. The highest BCUT2D eigenvalue weighted by atomic mass is 127. The number of nitrogens with one attached hydrogen (secondary N) is 2. The maximum absolute atomic E-state index is 5.84. The highest BCUT2D eigenvalue weighted by molar-refractivity contribution is 14.0. The summed E-state index contributed by atoms with van der Waals surface area (Å²) in [5.41, 5.74) is 1.08. The third kappa shape index (κ3) is 9.43. The minimum Gasteiger partial charge on any atom is -0.494 e. The molecule has 1 fully saturated rings. The van der Waals surface area contributed by atoms with Gasteiger partial charge in [-0.15, -0.1) is 24.0 Å². The first-order valence-electron chi connectivity index (χ1n) is 10.0. The Morgan fingerprint density at radius 2 is 2.00 bits per heavy atom. The minimum atomic E-state index is -0.0816. The molecule has 1 aliphatic rings. The van der Waals surface area contributed by atoms with Crippen LogP contribution in [0, 0.1) is 0 Å². The number of hydrogen-bond donors (Lipinski definition) is 2. The van der Waals surface area contributed by atoms with Gasteiger partial charge in [-0.1, -0.05) is 12.1 Å². The molecule has 1 atom stereocenters. The molecule has 28 heavy (non-hydrogen) atoms. The molecule has 0 amide bonds. The van der Waals surface area contributed by atoms with E-state index in [0.29, 0.717) is 6.54 Å². The first kappa shape index (κ1) is 25.0. The van der Waals surface area contributed by atoms with Crippen LogP contribution < -0.4 is 15.4 Å². The predicted molar refractivity (Wildman–Crippen MR) is 127 cm³/mol. The van der Waals surface area contributed by atoms with E-state index in [1.807, 2.05) is 12.1 Å². The average Bonchev–Trinajstić information content (AvgIpc) is 3.09. The lowest BCUT2D eigenvalue weighted by atomic mass is 10.0. The minimum absolute atomic E-state index is 0. The second kappa shape index (κ2) is 13.2. The molecule has 1 aromatic rings. The van der Waals surface area contributed by atoms with E-state index >= 15 is 0 Å². The largest absolute Gasteiger partial charge is 0.494 e. The second-order valence-corrected chi connectivity index (χ2v) is 7.60. The van der Waals surface area contributed by atoms with Crippen LogP contribution in [-0.4, -0.2) is 63.4 Å². The highest BCUT2D eigenvalue weighted by Crippen LogP contribution is 2.23. The maximum Gasteiger partial charge on any atom is 0.191 e. The number of ether oxygens (including phenoxy) is 2. The number of halogens is 1. The molecule has 0 aromatic heterocycles. The molecule has 1 unspecified atom stereocenters. The van der Waals surface area contributed by atoms with Gasteiger partial charge in [0.25, 0.3) is 0 Å². The molecule has 7 heteroatoms. The summed E-state index contributed by atoms with van der Waals surface area (Å²) in [6.07, 6.45) is 3.25. The molecule has 0 bridgehead atoms. The third-order valence-corrected chi connectivity index (χ3v) is 4.64. The van der Waals surface area contributed by atoms with Crippen LogP contribution >= 0.6 is 24.0 Å². The van der Waals surface area contributed by atoms with Crippen LogP contribution in [0.3, 0.4) is 0 Å². The normalized spacial score (nSPS) is 19.4. The van der Waals surface area contributed by atoms with Crippen LogP contribution in [0.1, 0.15) is 38.7 Å². The van der Waals surface area contributed by atoms with Crippen LogP contribution in [0.4, 0.5) is 0 Å². The SMILES string of the molecule is CCNC(=NCc1ccc(OCCCN(C)C)cc1)NCC1(C)CCCO1.I. The van der Waals surface area contributed by atoms with Crippen LogP contribution in [0.5, 0.6) is 5.75 Å². The lowest BCUT2D eigenvalue weighted by Crippen LogP contribution is -2.45. The summed E-state index contributed by atoms with van der Waals surface area (Å²) in [7, 11) is 4.15. The van der Waals surface area contributed by atoms with Gasteiger partial charge in [0.2, 0.25) is 0 Å². The molecule has 0 saturated carbocycles. The number of nitrogens with zero attached hydrogens (tertiary/aromatic N) is 2. The Labute approximate surface area is 187 Å². The Kier molecular flexibility index (Phi) is 11.8. The van der Waals surface area contributed by atoms with Gasteiger partial charge in [-0.05, 0) is 64.9 Å². The molecule has 160 valence electrons. The lowest BCUT2D eigenvalue weighted by Gasteiger charge is -2.24. The van der Waals surface area contributed by atoms with Gasteiger partial charge in [0.05, 0.1) is 18.8 Å². The molecule has 0 aliphatic carbocycles. The molecule has 0 spiro atoms. The number of rotatable bonds is 10. The molecule has 1 aliphatic heterocycles. The van der Waals surface area contributed by atoms with Crippen molar-refractivity contribution in [1.82, 2.24) is 15.5 Å². The fourth-order valence-electron chi connectivity index (χ4n) is 3.02. The van der Waals surface area contributed by atoms with Crippen molar-refractivity contribution in [3.8, 4) is 5.75 Å². The predicted octanol–water partition coefficient (Wildman–Crippen LogP) is 3.26. The van der Waals surface area contributed by atoms with Crippen LogP contribution in [0.25, 0.3) is 0 Å². The summed E-state index contributed by atoms with van der Waals surface area (Å²) in [5, 5.41) is 6.72. The number of aliphatic imine (C=N–C) groups is 1. The van der Waals surface area contributed by atoms with Crippen molar-refractivity contribution < 1.29 is 9.47 Å². The Morgan fingerprint density at radius 3 is 2.61 bits per heavy atom. The van der Waals surface area contributed by atoms with Gasteiger partial charge in [-0.3, -0.25) is 0 Å². The van der Waals surface area contributed by atoms with Crippen molar-refractivity contribution in [3.63, 3.8) is 0 Å². The van der Waals surface area contributed by atoms with E-state index in [4.69, 9.17) is 14.5 Å². The van der Waals surface area contributed by atoms with E-state index in [1.165, 1.54) is 0 Å². The van der Waals surface area contributed by atoms with E-state index in [1.54, 1.807) is 0 Å². The Hall–Kier alpha value is -1.06. The number of hydrogen-bond acceptors (Lipinski definition) is 4. The summed E-state index contributed by atoms with van der Waals surface area (Å²) in [6, 6.07) is 8.20. The smallest absolute Gasteiger partial charge is 0.191 e. The lowest BCUT2D eigenvalue weighted by molar-refractivity contribution is 0.0243. The van der Waals surface area contributed by atoms with Gasteiger partial charge in [0, 0.05) is 26.2 Å². The van der Waals surface area contributed by atoms with Crippen LogP contribution in [-0.2, 0) is 11.3 Å². The molecular weight excluding hydrogens is 467 g/mol. The summed E-state index contributed by atoms with van der Waals surface area (Å²) < 4.78 is 11.6.